The van der Waals surface area contributed by atoms with Crippen molar-refractivity contribution in [1.29, 1.82) is 0 Å². The maximum atomic E-state index is 12.8. The van der Waals surface area contributed by atoms with Crippen LogP contribution in [0.2, 0.25) is 5.02 Å². The summed E-state index contributed by atoms with van der Waals surface area (Å²) in [6.07, 6.45) is -2.00. The molecule has 0 saturated carbocycles. The predicted molar refractivity (Wildman–Crippen MR) is 82.3 cm³/mol. The highest BCUT2D eigenvalue weighted by atomic mass is 35.5. The van der Waals surface area contributed by atoms with Crippen LogP contribution in [0, 0.1) is 0 Å². The second-order valence-corrected chi connectivity index (χ2v) is 4.87. The Morgan fingerprint density at radius 3 is 2.42 bits per heavy atom. The van der Waals surface area contributed by atoms with Crippen LogP contribution in [-0.4, -0.2) is 22.6 Å². The van der Waals surface area contributed by atoms with Crippen LogP contribution in [0.4, 0.5) is 29.3 Å². The van der Waals surface area contributed by atoms with Crippen LogP contribution in [-0.2, 0) is 6.18 Å². The van der Waals surface area contributed by atoms with E-state index >= 15 is 0 Å². The van der Waals surface area contributed by atoms with Crippen molar-refractivity contribution in [2.45, 2.75) is 13.1 Å². The summed E-state index contributed by atoms with van der Waals surface area (Å²) >= 11 is 5.51. The van der Waals surface area contributed by atoms with Gasteiger partial charge in [0.15, 0.2) is 0 Å². The molecule has 0 saturated heterocycles. The van der Waals surface area contributed by atoms with Gasteiger partial charge in [0.1, 0.15) is 0 Å². The number of ether oxygens (including phenoxy) is 1. The quantitative estimate of drug-likeness (QED) is 0.857. The third-order valence-corrected chi connectivity index (χ3v) is 3.02. The Morgan fingerprint density at radius 2 is 1.83 bits per heavy atom. The molecule has 2 N–H and O–H groups in total. The fraction of sp³-hybridized carbons (Fsp3) is 0.214. The molecule has 0 radical (unpaired) electrons. The molecule has 0 atom stereocenters. The minimum absolute atomic E-state index is 0.0592. The number of aromatic nitrogens is 2. The molecule has 1 heterocycles. The second-order valence-electron chi connectivity index (χ2n) is 4.46. The van der Waals surface area contributed by atoms with Crippen LogP contribution in [0.15, 0.2) is 30.6 Å². The first-order chi connectivity index (χ1) is 11.3. The van der Waals surface area contributed by atoms with Gasteiger partial charge in [0, 0.05) is 5.69 Å². The molecule has 0 aliphatic carbocycles. The highest BCUT2D eigenvalue weighted by Crippen LogP contribution is 2.36. The highest BCUT2D eigenvalue weighted by molar-refractivity contribution is 6.31. The standard InChI is InChI=1S/C14H12ClF3N4O2/c1-2-24-13-19-6-9(7-20-13)22-12(23)21-8-3-4-11(15)10(5-8)14(16,17)18/h3-7H,2H2,1H3,(H2,21,22,23). The molecule has 128 valence electrons. The van der Waals surface area contributed by atoms with Crippen molar-refractivity contribution in [3.05, 3.63) is 41.2 Å². The first kappa shape index (κ1) is 17.8. The van der Waals surface area contributed by atoms with Crippen LogP contribution < -0.4 is 15.4 Å². The molecule has 0 unspecified atom stereocenters. The molecule has 1 aromatic carbocycles. The van der Waals surface area contributed by atoms with Crippen LogP contribution in [0.25, 0.3) is 0 Å². The highest BCUT2D eigenvalue weighted by Gasteiger charge is 2.33. The topological polar surface area (TPSA) is 76.1 Å². The van der Waals surface area contributed by atoms with Gasteiger partial charge in [-0.25, -0.2) is 14.8 Å². The lowest BCUT2D eigenvalue weighted by Gasteiger charge is -2.12. The van der Waals surface area contributed by atoms with E-state index < -0.39 is 22.8 Å². The van der Waals surface area contributed by atoms with E-state index in [1.807, 2.05) is 0 Å². The van der Waals surface area contributed by atoms with Crippen molar-refractivity contribution < 1.29 is 22.7 Å². The zero-order valence-corrected chi connectivity index (χ0v) is 13.1. The van der Waals surface area contributed by atoms with Gasteiger partial charge in [-0.15, -0.1) is 0 Å². The first-order valence-electron chi connectivity index (χ1n) is 6.69. The van der Waals surface area contributed by atoms with E-state index in [1.165, 1.54) is 18.5 Å². The minimum atomic E-state index is -4.62. The van der Waals surface area contributed by atoms with E-state index in [-0.39, 0.29) is 17.4 Å². The van der Waals surface area contributed by atoms with Crippen LogP contribution in [0.5, 0.6) is 6.01 Å². The third-order valence-electron chi connectivity index (χ3n) is 2.69. The Kier molecular flexibility index (Phi) is 5.45. The summed E-state index contributed by atoms with van der Waals surface area (Å²) in [6.45, 7) is 2.16. The number of carbonyl (C=O) groups excluding carboxylic acids is 1. The van der Waals surface area contributed by atoms with E-state index in [9.17, 15) is 18.0 Å². The molecule has 24 heavy (non-hydrogen) atoms. The zero-order chi connectivity index (χ0) is 17.7. The number of amides is 2. The second kappa shape index (κ2) is 7.35. The average molecular weight is 361 g/mol. The average Bonchev–Trinajstić information content (AvgIpc) is 2.50. The summed E-state index contributed by atoms with van der Waals surface area (Å²) in [4.78, 5) is 19.5. The minimum Gasteiger partial charge on any atom is -0.464 e. The Hall–Kier alpha value is -2.55. The maximum Gasteiger partial charge on any atom is 0.417 e. The smallest absolute Gasteiger partial charge is 0.417 e. The van der Waals surface area contributed by atoms with Gasteiger partial charge in [0.05, 0.1) is 35.3 Å². The van der Waals surface area contributed by atoms with Crippen molar-refractivity contribution in [3.8, 4) is 6.01 Å². The lowest BCUT2D eigenvalue weighted by atomic mass is 10.2. The molecular formula is C14H12ClF3N4O2. The summed E-state index contributed by atoms with van der Waals surface area (Å²) in [6, 6.07) is 2.46. The number of carbonyl (C=O) groups is 1. The van der Waals surface area contributed by atoms with Gasteiger partial charge in [0.2, 0.25) is 0 Å². The maximum absolute atomic E-state index is 12.8. The number of alkyl halides is 3. The summed E-state index contributed by atoms with van der Waals surface area (Å²) in [7, 11) is 0. The SMILES string of the molecule is CCOc1ncc(NC(=O)Nc2ccc(Cl)c(C(F)(F)F)c2)cn1. The van der Waals surface area contributed by atoms with E-state index in [1.54, 1.807) is 6.92 Å². The molecular weight excluding hydrogens is 349 g/mol. The summed E-state index contributed by atoms with van der Waals surface area (Å²) in [5.41, 5.74) is -0.844. The number of benzene rings is 1. The predicted octanol–water partition coefficient (Wildman–Crippen LogP) is 4.19. The van der Waals surface area contributed by atoms with Gasteiger partial charge in [-0.3, -0.25) is 0 Å². The van der Waals surface area contributed by atoms with Gasteiger partial charge in [-0.2, -0.15) is 13.2 Å². The van der Waals surface area contributed by atoms with Crippen LogP contribution >= 0.6 is 11.6 Å². The lowest BCUT2D eigenvalue weighted by Crippen LogP contribution is -2.20. The van der Waals surface area contributed by atoms with Crippen LogP contribution in [0.3, 0.4) is 0 Å². The monoisotopic (exact) mass is 360 g/mol. The Bertz CT molecular complexity index is 723. The zero-order valence-electron chi connectivity index (χ0n) is 12.3. The molecule has 0 aliphatic rings. The number of hydrogen-bond donors (Lipinski definition) is 2. The number of anilines is 2. The third kappa shape index (κ3) is 4.72. The Morgan fingerprint density at radius 1 is 1.21 bits per heavy atom. The fourth-order valence-corrected chi connectivity index (χ4v) is 1.92. The number of hydrogen-bond acceptors (Lipinski definition) is 4. The van der Waals surface area contributed by atoms with Crippen LogP contribution in [0.1, 0.15) is 12.5 Å². The van der Waals surface area contributed by atoms with Gasteiger partial charge in [-0.05, 0) is 25.1 Å². The Balaban J connectivity index is 2.04. The number of urea groups is 1. The van der Waals surface area contributed by atoms with Crippen molar-refractivity contribution in [2.24, 2.45) is 0 Å². The summed E-state index contributed by atoms with van der Waals surface area (Å²) < 4.78 is 43.4. The Labute approximate surface area is 140 Å². The molecule has 0 aliphatic heterocycles. The molecule has 2 amide bonds. The number of halogens is 4. The molecule has 0 fully saturated rings. The van der Waals surface area contributed by atoms with Gasteiger partial charge in [0.25, 0.3) is 0 Å². The van der Waals surface area contributed by atoms with Crippen molar-refractivity contribution in [3.63, 3.8) is 0 Å². The normalized spacial score (nSPS) is 11.0. The van der Waals surface area contributed by atoms with Gasteiger partial charge >= 0.3 is 18.2 Å². The summed E-state index contributed by atoms with van der Waals surface area (Å²) in [5.74, 6) is 0. The van der Waals surface area contributed by atoms with E-state index in [0.717, 1.165) is 12.1 Å². The summed E-state index contributed by atoms with van der Waals surface area (Å²) in [5, 5.41) is 4.21. The molecule has 10 heteroatoms. The molecule has 6 nitrogen and oxygen atoms in total. The van der Waals surface area contributed by atoms with E-state index in [4.69, 9.17) is 16.3 Å². The lowest BCUT2D eigenvalue weighted by molar-refractivity contribution is -0.137. The largest absolute Gasteiger partial charge is 0.464 e. The van der Waals surface area contributed by atoms with Crippen molar-refractivity contribution >= 4 is 29.0 Å². The fourth-order valence-electron chi connectivity index (χ4n) is 1.70. The number of rotatable bonds is 4. The number of nitrogens with one attached hydrogen (secondary N) is 2. The van der Waals surface area contributed by atoms with Gasteiger partial charge < -0.3 is 15.4 Å². The van der Waals surface area contributed by atoms with Gasteiger partial charge in [-0.1, -0.05) is 11.6 Å². The number of nitrogens with zero attached hydrogens (tertiary/aromatic N) is 2. The van der Waals surface area contributed by atoms with Crippen molar-refractivity contribution in [2.75, 3.05) is 17.2 Å². The molecule has 2 aromatic rings. The molecule has 2 rings (SSSR count). The molecule has 0 bridgehead atoms. The molecule has 1 aromatic heterocycles. The first-order valence-corrected chi connectivity index (χ1v) is 7.07. The van der Waals surface area contributed by atoms with E-state index in [2.05, 4.69) is 20.6 Å². The molecule has 0 spiro atoms. The van der Waals surface area contributed by atoms with E-state index in [0.29, 0.717) is 6.61 Å². The van der Waals surface area contributed by atoms with Crippen molar-refractivity contribution in [1.82, 2.24) is 9.97 Å².